The van der Waals surface area contributed by atoms with E-state index in [1.807, 2.05) is 14.0 Å². The highest BCUT2D eigenvalue weighted by atomic mass is 16.5. The van der Waals surface area contributed by atoms with Gasteiger partial charge >= 0.3 is 0 Å². The summed E-state index contributed by atoms with van der Waals surface area (Å²) in [4.78, 5) is 10.3. The van der Waals surface area contributed by atoms with Gasteiger partial charge in [0.05, 0.1) is 12.7 Å². The van der Waals surface area contributed by atoms with Crippen LogP contribution in [-0.2, 0) is 0 Å². The van der Waals surface area contributed by atoms with E-state index in [0.717, 1.165) is 24.3 Å². The van der Waals surface area contributed by atoms with Crippen LogP contribution in [0.25, 0.3) is 0 Å². The molecule has 1 heterocycles. The van der Waals surface area contributed by atoms with Crippen molar-refractivity contribution in [1.29, 1.82) is 0 Å². The van der Waals surface area contributed by atoms with Gasteiger partial charge in [0.1, 0.15) is 12.1 Å². The van der Waals surface area contributed by atoms with E-state index in [1.165, 1.54) is 6.33 Å². The van der Waals surface area contributed by atoms with Crippen molar-refractivity contribution in [3.8, 4) is 5.88 Å². The number of hydrogen-bond acceptors (Lipinski definition) is 5. The molecule has 5 heteroatoms. The third-order valence-corrected chi connectivity index (χ3v) is 2.26. The van der Waals surface area contributed by atoms with E-state index in [0.29, 0.717) is 12.4 Å². The van der Waals surface area contributed by atoms with Crippen LogP contribution in [0.15, 0.2) is 6.33 Å². The molecule has 0 fully saturated rings. The smallest absolute Gasteiger partial charge is 0.221 e. The molecular weight excluding hydrogens is 192 g/mol. The highest BCUT2D eigenvalue weighted by Gasteiger charge is 2.10. The van der Waals surface area contributed by atoms with Crippen LogP contribution in [0.5, 0.6) is 5.88 Å². The first kappa shape index (κ1) is 11.7. The number of ether oxygens (including phenoxy) is 1. The van der Waals surface area contributed by atoms with Crippen LogP contribution in [0, 0.1) is 6.92 Å². The molecule has 0 spiro atoms. The quantitative estimate of drug-likeness (QED) is 0.770. The second kappa shape index (κ2) is 5.50. The van der Waals surface area contributed by atoms with Crippen molar-refractivity contribution in [2.75, 3.05) is 32.1 Å². The first-order chi connectivity index (χ1) is 7.20. The van der Waals surface area contributed by atoms with Crippen LogP contribution >= 0.6 is 0 Å². The molecular formula is C10H18N4O. The van der Waals surface area contributed by atoms with Gasteiger partial charge in [-0.05, 0) is 19.9 Å². The lowest BCUT2D eigenvalue weighted by Gasteiger charge is -2.20. The van der Waals surface area contributed by atoms with Gasteiger partial charge in [0, 0.05) is 13.6 Å². The Balaban J connectivity index is 2.83. The van der Waals surface area contributed by atoms with Crippen molar-refractivity contribution in [3.05, 3.63) is 11.9 Å². The molecule has 0 unspecified atom stereocenters. The van der Waals surface area contributed by atoms with Crippen molar-refractivity contribution in [2.24, 2.45) is 5.73 Å². The monoisotopic (exact) mass is 210 g/mol. The molecule has 1 aromatic heterocycles. The van der Waals surface area contributed by atoms with Crippen LogP contribution in [0.2, 0.25) is 0 Å². The fourth-order valence-corrected chi connectivity index (χ4v) is 1.45. The first-order valence-corrected chi connectivity index (χ1v) is 4.97. The summed E-state index contributed by atoms with van der Waals surface area (Å²) in [7, 11) is 3.60. The van der Waals surface area contributed by atoms with Crippen LogP contribution in [-0.4, -0.2) is 37.2 Å². The Morgan fingerprint density at radius 2 is 2.20 bits per heavy atom. The van der Waals surface area contributed by atoms with Crippen molar-refractivity contribution in [2.45, 2.75) is 13.3 Å². The van der Waals surface area contributed by atoms with E-state index in [9.17, 15) is 0 Å². The van der Waals surface area contributed by atoms with E-state index < -0.39 is 0 Å². The molecule has 15 heavy (non-hydrogen) atoms. The Bertz CT molecular complexity index is 316. The molecule has 0 aliphatic carbocycles. The van der Waals surface area contributed by atoms with Gasteiger partial charge in [0.2, 0.25) is 5.88 Å². The summed E-state index contributed by atoms with van der Waals surface area (Å²) in [5, 5.41) is 0. The van der Waals surface area contributed by atoms with Crippen LogP contribution < -0.4 is 15.4 Å². The van der Waals surface area contributed by atoms with E-state index >= 15 is 0 Å². The second-order valence-electron chi connectivity index (χ2n) is 3.40. The predicted molar refractivity (Wildman–Crippen MR) is 60.3 cm³/mol. The average molecular weight is 210 g/mol. The molecule has 0 saturated heterocycles. The van der Waals surface area contributed by atoms with Crippen molar-refractivity contribution in [3.63, 3.8) is 0 Å². The minimum atomic E-state index is 0.625. The third-order valence-electron chi connectivity index (χ3n) is 2.26. The number of methoxy groups -OCH3 is 1. The highest BCUT2D eigenvalue weighted by molar-refractivity contribution is 5.49. The predicted octanol–water partition coefficient (Wildman–Crippen LogP) is 0.579. The van der Waals surface area contributed by atoms with Gasteiger partial charge in [-0.3, -0.25) is 0 Å². The van der Waals surface area contributed by atoms with Crippen LogP contribution in [0.3, 0.4) is 0 Å². The minimum absolute atomic E-state index is 0.625. The van der Waals surface area contributed by atoms with Crippen LogP contribution in [0.4, 0.5) is 5.82 Å². The SMILES string of the molecule is COc1ncnc(N(C)CCCN)c1C. The topological polar surface area (TPSA) is 64.3 Å². The summed E-state index contributed by atoms with van der Waals surface area (Å²) in [5.41, 5.74) is 6.42. The summed E-state index contributed by atoms with van der Waals surface area (Å²) in [6.45, 7) is 3.52. The maximum atomic E-state index is 5.46. The zero-order chi connectivity index (χ0) is 11.3. The Morgan fingerprint density at radius 1 is 1.47 bits per heavy atom. The standard InChI is InChI=1S/C10H18N4O/c1-8-9(14(2)6-4-5-11)12-7-13-10(8)15-3/h7H,4-6,11H2,1-3H3. The molecule has 0 atom stereocenters. The molecule has 0 radical (unpaired) electrons. The third kappa shape index (κ3) is 2.79. The molecule has 0 amide bonds. The van der Waals surface area contributed by atoms with E-state index in [2.05, 4.69) is 14.9 Å². The van der Waals surface area contributed by atoms with Crippen molar-refractivity contribution in [1.82, 2.24) is 9.97 Å². The van der Waals surface area contributed by atoms with Gasteiger partial charge in [0.25, 0.3) is 0 Å². The normalized spacial score (nSPS) is 10.1. The van der Waals surface area contributed by atoms with Crippen LogP contribution in [0.1, 0.15) is 12.0 Å². The summed E-state index contributed by atoms with van der Waals surface area (Å²) < 4.78 is 5.14. The van der Waals surface area contributed by atoms with Crippen molar-refractivity contribution < 1.29 is 4.74 Å². The molecule has 0 bridgehead atoms. The van der Waals surface area contributed by atoms with E-state index in [4.69, 9.17) is 10.5 Å². The lowest BCUT2D eigenvalue weighted by Crippen LogP contribution is -2.23. The molecule has 1 aromatic rings. The fourth-order valence-electron chi connectivity index (χ4n) is 1.45. The molecule has 0 aromatic carbocycles. The number of hydrogen-bond donors (Lipinski definition) is 1. The summed E-state index contributed by atoms with van der Waals surface area (Å²) in [6, 6.07) is 0. The fraction of sp³-hybridized carbons (Fsp3) is 0.600. The average Bonchev–Trinajstić information content (AvgIpc) is 2.26. The number of rotatable bonds is 5. The summed E-state index contributed by atoms with van der Waals surface area (Å²) >= 11 is 0. The number of anilines is 1. The van der Waals surface area contributed by atoms with E-state index in [-0.39, 0.29) is 0 Å². The summed E-state index contributed by atoms with van der Waals surface area (Å²) in [6.07, 6.45) is 2.46. The molecule has 0 aliphatic heterocycles. The lowest BCUT2D eigenvalue weighted by atomic mass is 10.3. The highest BCUT2D eigenvalue weighted by Crippen LogP contribution is 2.22. The number of nitrogens with zero attached hydrogens (tertiary/aromatic N) is 3. The molecule has 5 nitrogen and oxygen atoms in total. The second-order valence-corrected chi connectivity index (χ2v) is 3.40. The van der Waals surface area contributed by atoms with Gasteiger partial charge in [-0.25, -0.2) is 9.97 Å². The van der Waals surface area contributed by atoms with Gasteiger partial charge in [-0.1, -0.05) is 0 Å². The lowest BCUT2D eigenvalue weighted by molar-refractivity contribution is 0.393. The number of aromatic nitrogens is 2. The molecule has 0 saturated carbocycles. The van der Waals surface area contributed by atoms with Gasteiger partial charge in [-0.2, -0.15) is 0 Å². The Hall–Kier alpha value is -1.36. The Labute approximate surface area is 90.3 Å². The van der Waals surface area contributed by atoms with Gasteiger partial charge in [0.15, 0.2) is 0 Å². The van der Waals surface area contributed by atoms with Gasteiger partial charge in [-0.15, -0.1) is 0 Å². The maximum Gasteiger partial charge on any atom is 0.221 e. The molecule has 1 rings (SSSR count). The maximum absolute atomic E-state index is 5.46. The minimum Gasteiger partial charge on any atom is -0.481 e. The zero-order valence-electron chi connectivity index (χ0n) is 9.53. The molecule has 2 N–H and O–H groups in total. The Kier molecular flexibility index (Phi) is 4.30. The zero-order valence-corrected chi connectivity index (χ0v) is 9.53. The molecule has 0 aliphatic rings. The number of nitrogens with two attached hydrogens (primary N) is 1. The molecule has 84 valence electrons. The van der Waals surface area contributed by atoms with Crippen molar-refractivity contribution >= 4 is 5.82 Å². The largest absolute Gasteiger partial charge is 0.481 e. The van der Waals surface area contributed by atoms with E-state index in [1.54, 1.807) is 7.11 Å². The Morgan fingerprint density at radius 3 is 2.80 bits per heavy atom. The summed E-state index contributed by atoms with van der Waals surface area (Å²) in [5.74, 6) is 1.52. The first-order valence-electron chi connectivity index (χ1n) is 4.97. The van der Waals surface area contributed by atoms with Gasteiger partial charge < -0.3 is 15.4 Å².